The summed E-state index contributed by atoms with van der Waals surface area (Å²) in [4.78, 5) is 13.6. The Hall–Kier alpha value is -2.17. The normalized spacial score (nSPS) is 19.8. The van der Waals surface area contributed by atoms with Crippen molar-refractivity contribution >= 4 is 11.7 Å². The largest absolute Gasteiger partial charge is 0.456 e. The fraction of sp³-hybridized carbons (Fsp3) is 0.308. The quantitative estimate of drug-likeness (QED) is 0.643. The van der Waals surface area contributed by atoms with Gasteiger partial charge in [-0.15, -0.1) is 0 Å². The molecular formula is C13H11NO4. The summed E-state index contributed by atoms with van der Waals surface area (Å²) < 4.78 is 15.8. The van der Waals surface area contributed by atoms with Gasteiger partial charge < -0.3 is 19.1 Å². The molecule has 0 aliphatic carbocycles. The highest BCUT2D eigenvalue weighted by Gasteiger charge is 2.34. The lowest BCUT2D eigenvalue weighted by molar-refractivity contribution is -0.136. The number of hydrogen-bond acceptors (Lipinski definition) is 5. The van der Waals surface area contributed by atoms with Crippen LogP contribution in [0.1, 0.15) is 5.56 Å². The molecule has 18 heavy (non-hydrogen) atoms. The van der Waals surface area contributed by atoms with E-state index in [0.29, 0.717) is 13.0 Å². The number of anilines is 1. The van der Waals surface area contributed by atoms with Crippen molar-refractivity contribution in [2.75, 3.05) is 25.3 Å². The predicted octanol–water partition coefficient (Wildman–Crippen LogP) is 1.22. The van der Waals surface area contributed by atoms with Crippen LogP contribution in [-0.4, -0.2) is 26.4 Å². The average Bonchev–Trinajstić information content (AvgIpc) is 2.95. The molecule has 0 fully saturated rings. The van der Waals surface area contributed by atoms with Crippen LogP contribution in [0.2, 0.25) is 0 Å². The Bertz CT molecular complexity index is 605. The molecule has 3 aliphatic heterocycles. The van der Waals surface area contributed by atoms with E-state index < -0.39 is 0 Å². The Morgan fingerprint density at radius 1 is 1.17 bits per heavy atom. The van der Waals surface area contributed by atoms with Crippen molar-refractivity contribution in [3.05, 3.63) is 29.0 Å². The van der Waals surface area contributed by atoms with Crippen LogP contribution < -0.4 is 14.4 Å². The molecule has 0 N–H and O–H groups in total. The number of esters is 1. The molecule has 1 aromatic rings. The second kappa shape index (κ2) is 3.19. The van der Waals surface area contributed by atoms with Gasteiger partial charge in [0.2, 0.25) is 6.79 Å². The lowest BCUT2D eigenvalue weighted by atomic mass is 9.97. The van der Waals surface area contributed by atoms with Crippen molar-refractivity contribution in [3.63, 3.8) is 0 Å². The van der Waals surface area contributed by atoms with Crippen molar-refractivity contribution in [2.24, 2.45) is 0 Å². The Balaban J connectivity index is 1.86. The molecule has 0 spiro atoms. The lowest BCUT2D eigenvalue weighted by Gasteiger charge is -2.27. The minimum Gasteiger partial charge on any atom is -0.456 e. The van der Waals surface area contributed by atoms with E-state index in [2.05, 4.69) is 0 Å². The second-order valence-electron chi connectivity index (χ2n) is 4.57. The molecule has 0 saturated carbocycles. The first kappa shape index (κ1) is 9.82. The molecule has 0 atom stereocenters. The molecule has 1 aromatic carbocycles. The van der Waals surface area contributed by atoms with Crippen LogP contribution in [0.4, 0.5) is 5.69 Å². The van der Waals surface area contributed by atoms with E-state index in [1.807, 2.05) is 24.1 Å². The van der Waals surface area contributed by atoms with E-state index in [0.717, 1.165) is 34.0 Å². The van der Waals surface area contributed by atoms with Crippen LogP contribution in [0, 0.1) is 0 Å². The number of ether oxygens (including phenoxy) is 3. The molecule has 4 rings (SSSR count). The number of rotatable bonds is 0. The Morgan fingerprint density at radius 3 is 2.78 bits per heavy atom. The minimum atomic E-state index is -0.208. The van der Waals surface area contributed by atoms with Crippen LogP contribution in [0.25, 0.3) is 0 Å². The number of hydrogen-bond donors (Lipinski definition) is 0. The van der Waals surface area contributed by atoms with Gasteiger partial charge in [-0.25, -0.2) is 4.79 Å². The summed E-state index contributed by atoms with van der Waals surface area (Å²) in [5.41, 5.74) is 3.82. The molecule has 0 bridgehead atoms. The molecule has 0 radical (unpaired) electrons. The number of nitrogens with zero attached hydrogens (tertiary/aromatic N) is 1. The maximum absolute atomic E-state index is 11.6. The molecule has 92 valence electrons. The average molecular weight is 245 g/mol. The molecule has 0 unspecified atom stereocenters. The third-order valence-corrected chi connectivity index (χ3v) is 3.64. The van der Waals surface area contributed by atoms with Gasteiger partial charge in [0.05, 0.1) is 11.3 Å². The van der Waals surface area contributed by atoms with Crippen LogP contribution in [0.15, 0.2) is 23.4 Å². The number of cyclic esters (lactones) is 1. The lowest BCUT2D eigenvalue weighted by Crippen LogP contribution is -2.24. The smallest absolute Gasteiger partial charge is 0.336 e. The second-order valence-corrected chi connectivity index (χ2v) is 4.57. The zero-order valence-electron chi connectivity index (χ0n) is 9.86. The molecule has 5 heteroatoms. The fourth-order valence-electron chi connectivity index (χ4n) is 2.66. The minimum absolute atomic E-state index is 0.208. The number of carbonyl (C=O) groups excluding carboxylic acids is 1. The number of likely N-dealkylation sites (N-methyl/N-ethyl adjacent to an activating group) is 1. The molecular weight excluding hydrogens is 234 g/mol. The Morgan fingerprint density at radius 2 is 1.94 bits per heavy atom. The van der Waals surface area contributed by atoms with E-state index in [1.54, 1.807) is 0 Å². The number of carbonyl (C=O) groups is 1. The third-order valence-electron chi connectivity index (χ3n) is 3.64. The van der Waals surface area contributed by atoms with Crippen molar-refractivity contribution in [3.8, 4) is 11.5 Å². The standard InChI is InChI=1S/C13H11NO4/c1-14-9-4-12-11(17-6-18-12)3-7(9)2-8-10(14)5-16-13(8)15/h3-4H,2,5-6H2,1H3. The summed E-state index contributed by atoms with van der Waals surface area (Å²) >= 11 is 0. The molecule has 3 aliphatic rings. The van der Waals surface area contributed by atoms with Gasteiger partial charge in [0.25, 0.3) is 0 Å². The third kappa shape index (κ3) is 1.13. The van der Waals surface area contributed by atoms with E-state index in [9.17, 15) is 4.79 Å². The van der Waals surface area contributed by atoms with Crippen molar-refractivity contribution in [2.45, 2.75) is 6.42 Å². The van der Waals surface area contributed by atoms with Crippen molar-refractivity contribution in [1.29, 1.82) is 0 Å². The van der Waals surface area contributed by atoms with Gasteiger partial charge in [-0.2, -0.15) is 0 Å². The van der Waals surface area contributed by atoms with E-state index in [1.165, 1.54) is 0 Å². The highest BCUT2D eigenvalue weighted by Crippen LogP contribution is 2.43. The summed E-state index contributed by atoms with van der Waals surface area (Å²) in [5.74, 6) is 1.30. The first-order valence-corrected chi connectivity index (χ1v) is 5.79. The van der Waals surface area contributed by atoms with Crippen molar-refractivity contribution in [1.82, 2.24) is 0 Å². The maximum atomic E-state index is 11.6. The Labute approximate surface area is 104 Å². The van der Waals surface area contributed by atoms with Gasteiger partial charge in [-0.3, -0.25) is 0 Å². The van der Waals surface area contributed by atoms with Gasteiger partial charge >= 0.3 is 5.97 Å². The summed E-state index contributed by atoms with van der Waals surface area (Å²) in [6, 6.07) is 3.91. The summed E-state index contributed by atoms with van der Waals surface area (Å²) in [5, 5.41) is 0. The highest BCUT2D eigenvalue weighted by molar-refractivity contribution is 5.95. The molecule has 5 nitrogen and oxygen atoms in total. The van der Waals surface area contributed by atoms with E-state index in [-0.39, 0.29) is 12.8 Å². The first-order chi connectivity index (χ1) is 8.74. The van der Waals surface area contributed by atoms with Crippen LogP contribution in [0.3, 0.4) is 0 Å². The van der Waals surface area contributed by atoms with Crippen molar-refractivity contribution < 1.29 is 19.0 Å². The maximum Gasteiger partial charge on any atom is 0.336 e. The predicted molar refractivity (Wildman–Crippen MR) is 62.7 cm³/mol. The molecule has 3 heterocycles. The van der Waals surface area contributed by atoms with Gasteiger partial charge in [0, 0.05) is 25.2 Å². The van der Waals surface area contributed by atoms with Crippen LogP contribution in [-0.2, 0) is 16.0 Å². The zero-order chi connectivity index (χ0) is 12.3. The zero-order valence-corrected chi connectivity index (χ0v) is 9.86. The summed E-state index contributed by atoms with van der Waals surface area (Å²) in [7, 11) is 1.94. The topological polar surface area (TPSA) is 48.0 Å². The highest BCUT2D eigenvalue weighted by atomic mass is 16.7. The van der Waals surface area contributed by atoms with Gasteiger partial charge in [-0.05, 0) is 11.6 Å². The number of fused-ring (bicyclic) bond motifs is 2. The van der Waals surface area contributed by atoms with Crippen LogP contribution >= 0.6 is 0 Å². The monoisotopic (exact) mass is 245 g/mol. The number of benzene rings is 1. The summed E-state index contributed by atoms with van der Waals surface area (Å²) in [6.07, 6.45) is 0.602. The molecule has 0 amide bonds. The van der Waals surface area contributed by atoms with Gasteiger partial charge in [0.15, 0.2) is 11.5 Å². The van der Waals surface area contributed by atoms with Crippen LogP contribution in [0.5, 0.6) is 11.5 Å². The molecule has 0 saturated heterocycles. The van der Waals surface area contributed by atoms with Gasteiger partial charge in [0.1, 0.15) is 6.61 Å². The van der Waals surface area contributed by atoms with Gasteiger partial charge in [-0.1, -0.05) is 0 Å². The van der Waals surface area contributed by atoms with E-state index >= 15 is 0 Å². The Kier molecular flexibility index (Phi) is 1.74. The van der Waals surface area contributed by atoms with E-state index in [4.69, 9.17) is 14.2 Å². The molecule has 0 aromatic heterocycles. The SMILES string of the molecule is CN1C2=C(Cc3cc4c(cc31)OCO4)C(=O)OC2. The summed E-state index contributed by atoms with van der Waals surface area (Å²) in [6.45, 7) is 0.621. The first-order valence-electron chi connectivity index (χ1n) is 5.79. The fourth-order valence-corrected chi connectivity index (χ4v) is 2.66.